The van der Waals surface area contributed by atoms with Crippen LogP contribution >= 0.6 is 0 Å². The van der Waals surface area contributed by atoms with E-state index < -0.39 is 0 Å². The molecule has 3 aliphatic rings. The minimum atomic E-state index is 0.135. The molecule has 0 unspecified atom stereocenters. The quantitative estimate of drug-likeness (QED) is 0.827. The van der Waals surface area contributed by atoms with Gasteiger partial charge >= 0.3 is 0 Å². The third-order valence-corrected chi connectivity index (χ3v) is 4.92. The van der Waals surface area contributed by atoms with E-state index in [9.17, 15) is 0 Å². The van der Waals surface area contributed by atoms with Crippen molar-refractivity contribution < 1.29 is 9.47 Å². The normalized spacial score (nSPS) is 30.2. The summed E-state index contributed by atoms with van der Waals surface area (Å²) in [6, 6.07) is 0.456. The summed E-state index contributed by atoms with van der Waals surface area (Å²) in [5, 5.41) is 3.45. The highest BCUT2D eigenvalue weighted by Crippen LogP contribution is 2.28. The molecule has 0 aromatic heterocycles. The van der Waals surface area contributed by atoms with Gasteiger partial charge in [0, 0.05) is 23.5 Å². The number of allylic oxidation sites excluding steroid dienone is 2. The van der Waals surface area contributed by atoms with Gasteiger partial charge in [-0.15, -0.1) is 0 Å². The van der Waals surface area contributed by atoms with Gasteiger partial charge in [0.15, 0.2) is 0 Å². The predicted molar refractivity (Wildman–Crippen MR) is 102 cm³/mol. The Labute approximate surface area is 151 Å². The molecule has 0 aromatic rings. The van der Waals surface area contributed by atoms with Crippen LogP contribution in [0.5, 0.6) is 0 Å². The summed E-state index contributed by atoms with van der Waals surface area (Å²) >= 11 is 0. The average molecular weight is 345 g/mol. The molecule has 1 N–H and O–H groups in total. The van der Waals surface area contributed by atoms with Crippen LogP contribution in [-0.2, 0) is 9.47 Å². The van der Waals surface area contributed by atoms with Crippen LogP contribution in [0.1, 0.15) is 54.4 Å². The average Bonchev–Trinajstić information content (AvgIpc) is 3.19. The van der Waals surface area contributed by atoms with Gasteiger partial charge < -0.3 is 14.8 Å². The van der Waals surface area contributed by atoms with Gasteiger partial charge in [-0.25, -0.2) is 9.98 Å². The van der Waals surface area contributed by atoms with Crippen LogP contribution in [0.2, 0.25) is 0 Å². The van der Waals surface area contributed by atoms with Crippen molar-refractivity contribution >= 4 is 11.8 Å². The highest BCUT2D eigenvalue weighted by Gasteiger charge is 2.31. The Morgan fingerprint density at radius 1 is 0.800 bits per heavy atom. The van der Waals surface area contributed by atoms with E-state index in [2.05, 4.69) is 46.9 Å². The Hall–Kier alpha value is -1.78. The summed E-state index contributed by atoms with van der Waals surface area (Å²) in [7, 11) is 0. The highest BCUT2D eigenvalue weighted by molar-refractivity contribution is 5.91. The van der Waals surface area contributed by atoms with Crippen molar-refractivity contribution in [1.82, 2.24) is 5.32 Å². The molecule has 2 atom stereocenters. The lowest BCUT2D eigenvalue weighted by Crippen LogP contribution is -2.25. The largest absolute Gasteiger partial charge is 0.476 e. The first-order chi connectivity index (χ1) is 11.6. The van der Waals surface area contributed by atoms with Crippen molar-refractivity contribution in [2.75, 3.05) is 13.2 Å². The monoisotopic (exact) mass is 345 g/mol. The summed E-state index contributed by atoms with van der Waals surface area (Å²) < 4.78 is 11.5. The van der Waals surface area contributed by atoms with Crippen LogP contribution in [0, 0.1) is 10.8 Å². The fourth-order valence-electron chi connectivity index (χ4n) is 2.95. The van der Waals surface area contributed by atoms with Gasteiger partial charge in [-0.3, -0.25) is 0 Å². The zero-order valence-corrected chi connectivity index (χ0v) is 16.3. The zero-order valence-electron chi connectivity index (χ0n) is 16.3. The second-order valence-electron chi connectivity index (χ2n) is 9.28. The van der Waals surface area contributed by atoms with Crippen molar-refractivity contribution in [3.8, 4) is 0 Å². The number of nitrogens with one attached hydrogen (secondary N) is 1. The topological polar surface area (TPSA) is 55.2 Å². The molecule has 0 aromatic carbocycles. The second-order valence-corrected chi connectivity index (χ2v) is 9.28. The molecule has 5 heteroatoms. The maximum Gasteiger partial charge on any atom is 0.210 e. The minimum Gasteiger partial charge on any atom is -0.476 e. The van der Waals surface area contributed by atoms with E-state index in [4.69, 9.17) is 19.5 Å². The number of rotatable bonds is 2. The summed E-state index contributed by atoms with van der Waals surface area (Å²) in [6.07, 6.45) is 5.98. The fraction of sp³-hybridized carbons (Fsp3) is 0.700. The predicted octanol–water partition coefficient (Wildman–Crippen LogP) is 3.82. The van der Waals surface area contributed by atoms with Crippen molar-refractivity contribution in [3.63, 3.8) is 0 Å². The SMILES string of the molecule is CC(C)(C)[C@H]1COC(/C=C2/CC/C(=C/C3=N[C@@H](C(C)(C)C)CO3)N2)=N1. The molecule has 0 bridgehead atoms. The van der Waals surface area contributed by atoms with Crippen LogP contribution in [0.25, 0.3) is 0 Å². The molecule has 0 spiro atoms. The Bertz CT molecular complexity index is 589. The zero-order chi connectivity index (χ0) is 18.2. The molecule has 0 saturated carbocycles. The third-order valence-electron chi connectivity index (χ3n) is 4.92. The molecule has 3 heterocycles. The number of ether oxygens (including phenoxy) is 2. The van der Waals surface area contributed by atoms with Crippen LogP contribution in [-0.4, -0.2) is 37.1 Å². The van der Waals surface area contributed by atoms with E-state index in [1.807, 2.05) is 12.2 Å². The smallest absolute Gasteiger partial charge is 0.210 e. The lowest BCUT2D eigenvalue weighted by Gasteiger charge is -2.21. The van der Waals surface area contributed by atoms with Gasteiger partial charge in [0.25, 0.3) is 0 Å². The minimum absolute atomic E-state index is 0.135. The van der Waals surface area contributed by atoms with E-state index in [1.165, 1.54) is 0 Å². The van der Waals surface area contributed by atoms with Crippen molar-refractivity contribution in [2.45, 2.75) is 66.5 Å². The molecule has 0 aliphatic carbocycles. The van der Waals surface area contributed by atoms with E-state index in [0.29, 0.717) is 13.2 Å². The van der Waals surface area contributed by atoms with Crippen LogP contribution in [0.4, 0.5) is 0 Å². The van der Waals surface area contributed by atoms with Gasteiger partial charge in [0.05, 0.1) is 12.1 Å². The van der Waals surface area contributed by atoms with Gasteiger partial charge in [-0.2, -0.15) is 0 Å². The molecule has 3 aliphatic heterocycles. The third kappa shape index (κ3) is 4.44. The fourth-order valence-corrected chi connectivity index (χ4v) is 2.95. The van der Waals surface area contributed by atoms with Crippen LogP contribution < -0.4 is 5.32 Å². The number of aliphatic imine (C=N–C) groups is 2. The first kappa shape index (κ1) is 18.0. The molecule has 0 amide bonds. The molecule has 3 rings (SSSR count). The van der Waals surface area contributed by atoms with E-state index >= 15 is 0 Å². The highest BCUT2D eigenvalue weighted by atomic mass is 16.5. The van der Waals surface area contributed by atoms with Crippen molar-refractivity contribution in [3.05, 3.63) is 23.5 Å². The Kier molecular flexibility index (Phi) is 4.69. The Morgan fingerprint density at radius 3 is 1.52 bits per heavy atom. The second kappa shape index (κ2) is 6.50. The molecule has 0 radical (unpaired) electrons. The molecular weight excluding hydrogens is 314 g/mol. The first-order valence-electron chi connectivity index (χ1n) is 9.20. The van der Waals surface area contributed by atoms with E-state index in [1.54, 1.807) is 0 Å². The van der Waals surface area contributed by atoms with Gasteiger partial charge in [-0.05, 0) is 23.7 Å². The first-order valence-corrected chi connectivity index (χ1v) is 9.20. The van der Waals surface area contributed by atoms with Crippen LogP contribution in [0.3, 0.4) is 0 Å². The molecule has 1 saturated heterocycles. The molecule has 1 fully saturated rings. The van der Waals surface area contributed by atoms with Gasteiger partial charge in [0.2, 0.25) is 11.8 Å². The summed E-state index contributed by atoms with van der Waals surface area (Å²) in [5.74, 6) is 1.48. The summed E-state index contributed by atoms with van der Waals surface area (Å²) in [6.45, 7) is 14.5. The number of nitrogens with zero attached hydrogens (tertiary/aromatic N) is 2. The molecule has 138 valence electrons. The standard InChI is InChI=1S/C20H31N3O2/c1-19(2,3)15-11-24-17(22-15)9-13-7-8-14(21-13)10-18-23-16(12-25-18)20(4,5)6/h9-10,15-16,21H,7-8,11-12H2,1-6H3/b13-9-,14-10-/t15-,16-/m1/s1. The van der Waals surface area contributed by atoms with E-state index in [0.717, 1.165) is 36.0 Å². The molecule has 5 nitrogen and oxygen atoms in total. The van der Waals surface area contributed by atoms with E-state index in [-0.39, 0.29) is 22.9 Å². The number of hydrogen-bond donors (Lipinski definition) is 1. The molecular formula is C20H31N3O2. The lowest BCUT2D eigenvalue weighted by molar-refractivity contribution is 0.236. The van der Waals surface area contributed by atoms with Crippen molar-refractivity contribution in [2.24, 2.45) is 20.8 Å². The molecule has 25 heavy (non-hydrogen) atoms. The van der Waals surface area contributed by atoms with Crippen molar-refractivity contribution in [1.29, 1.82) is 0 Å². The summed E-state index contributed by atoms with van der Waals surface area (Å²) in [4.78, 5) is 9.40. The maximum absolute atomic E-state index is 5.74. The van der Waals surface area contributed by atoms with Gasteiger partial charge in [0.1, 0.15) is 13.2 Å². The Morgan fingerprint density at radius 2 is 1.20 bits per heavy atom. The number of hydrogen-bond acceptors (Lipinski definition) is 5. The maximum atomic E-state index is 5.74. The van der Waals surface area contributed by atoms with Crippen LogP contribution in [0.15, 0.2) is 33.5 Å². The van der Waals surface area contributed by atoms with Gasteiger partial charge in [-0.1, -0.05) is 41.5 Å². The summed E-state index contributed by atoms with van der Waals surface area (Å²) in [5.41, 5.74) is 2.56. The Balaban J connectivity index is 1.63. The lowest BCUT2D eigenvalue weighted by atomic mass is 9.88.